The molecule has 2 rings (SSSR count). The number of hydrogen-bond acceptors (Lipinski definition) is 4. The number of hydrogen-bond donors (Lipinski definition) is 2. The van der Waals surface area contributed by atoms with Crippen molar-refractivity contribution in [2.45, 2.75) is 47.7 Å². The number of halogens is 3. The zero-order valence-corrected chi connectivity index (χ0v) is 14.1. The molecule has 1 aliphatic rings. The molecule has 6 nitrogen and oxygen atoms in total. The first kappa shape index (κ1) is 19.2. The number of alkyl halides is 3. The summed E-state index contributed by atoms with van der Waals surface area (Å²) in [4.78, 5) is -0.655. The highest BCUT2D eigenvalue weighted by Gasteiger charge is 2.41. The van der Waals surface area contributed by atoms with E-state index in [2.05, 4.69) is 4.72 Å². The Balaban J connectivity index is 2.10. The molecule has 1 aromatic rings. The minimum Gasteiger partial charge on any atom is -0.225 e. The average molecular weight is 386 g/mol. The van der Waals surface area contributed by atoms with Crippen molar-refractivity contribution >= 4 is 20.0 Å². The molecule has 1 aliphatic carbocycles. The minimum absolute atomic E-state index is 0.0677. The third-order valence-corrected chi connectivity index (χ3v) is 6.39. The Hall–Kier alpha value is -1.17. The lowest BCUT2D eigenvalue weighted by molar-refractivity contribution is -0.182. The minimum atomic E-state index is -4.27. The zero-order chi connectivity index (χ0) is 18.2. The number of benzene rings is 1. The summed E-state index contributed by atoms with van der Waals surface area (Å²) in [5, 5.41) is 4.96. The predicted molar refractivity (Wildman–Crippen MR) is 79.9 cm³/mol. The number of primary sulfonamides is 1. The van der Waals surface area contributed by atoms with Crippen LogP contribution in [0.4, 0.5) is 13.2 Å². The molecular formula is C13H17F3N2O4S2. The topological polar surface area (TPSA) is 106 Å². The molecule has 0 bridgehead atoms. The molecule has 0 heterocycles. The van der Waals surface area contributed by atoms with Gasteiger partial charge in [0.15, 0.2) is 0 Å². The summed E-state index contributed by atoms with van der Waals surface area (Å²) < 4.78 is 87.3. The summed E-state index contributed by atoms with van der Waals surface area (Å²) in [6.45, 7) is 0. The number of nitrogens with one attached hydrogen (secondary N) is 1. The SMILES string of the molecule is NS(=O)(=O)c1cccc(S(=O)(=O)NC2CCC(C(F)(F)F)CC2)c1. The van der Waals surface area contributed by atoms with E-state index in [1.807, 2.05) is 0 Å². The van der Waals surface area contributed by atoms with E-state index in [0.717, 1.165) is 12.1 Å². The molecule has 1 fully saturated rings. The van der Waals surface area contributed by atoms with Gasteiger partial charge in [0, 0.05) is 6.04 Å². The van der Waals surface area contributed by atoms with E-state index in [1.54, 1.807) is 0 Å². The third kappa shape index (κ3) is 4.68. The average Bonchev–Trinajstić information content (AvgIpc) is 2.46. The normalized spacial score (nSPS) is 23.2. The molecule has 1 saturated carbocycles. The Morgan fingerprint density at radius 1 is 1.00 bits per heavy atom. The molecule has 0 aromatic heterocycles. The van der Waals surface area contributed by atoms with Gasteiger partial charge in [0.25, 0.3) is 0 Å². The summed E-state index contributed by atoms with van der Waals surface area (Å²) in [5.74, 6) is -1.41. The van der Waals surface area contributed by atoms with Crippen molar-refractivity contribution in [1.82, 2.24) is 4.72 Å². The molecule has 0 amide bonds. The van der Waals surface area contributed by atoms with Crippen LogP contribution in [0, 0.1) is 5.92 Å². The molecule has 1 aromatic carbocycles. The highest BCUT2D eigenvalue weighted by atomic mass is 32.2. The Labute approximate surface area is 138 Å². The van der Waals surface area contributed by atoms with Gasteiger partial charge in [0.05, 0.1) is 15.7 Å². The van der Waals surface area contributed by atoms with Crippen molar-refractivity contribution < 1.29 is 30.0 Å². The first-order valence-corrected chi connectivity index (χ1v) is 10.1. The van der Waals surface area contributed by atoms with Crippen molar-refractivity contribution in [3.05, 3.63) is 24.3 Å². The molecule has 0 spiro atoms. The molecule has 0 atom stereocenters. The van der Waals surface area contributed by atoms with Gasteiger partial charge in [-0.15, -0.1) is 0 Å². The molecule has 3 N–H and O–H groups in total. The summed E-state index contributed by atoms with van der Waals surface area (Å²) in [7, 11) is -8.11. The van der Waals surface area contributed by atoms with Gasteiger partial charge in [-0.3, -0.25) is 0 Å². The largest absolute Gasteiger partial charge is 0.391 e. The molecule has 0 radical (unpaired) electrons. The van der Waals surface area contributed by atoms with Crippen LogP contribution >= 0.6 is 0 Å². The lowest BCUT2D eigenvalue weighted by Gasteiger charge is -2.30. The van der Waals surface area contributed by atoms with E-state index >= 15 is 0 Å². The van der Waals surface area contributed by atoms with E-state index in [9.17, 15) is 30.0 Å². The van der Waals surface area contributed by atoms with Crippen molar-refractivity contribution in [3.8, 4) is 0 Å². The van der Waals surface area contributed by atoms with Crippen LogP contribution in [-0.2, 0) is 20.0 Å². The van der Waals surface area contributed by atoms with Crippen molar-refractivity contribution in [1.29, 1.82) is 0 Å². The zero-order valence-electron chi connectivity index (χ0n) is 12.5. The highest BCUT2D eigenvalue weighted by molar-refractivity contribution is 7.90. The van der Waals surface area contributed by atoms with Gasteiger partial charge in [-0.1, -0.05) is 6.07 Å². The second kappa shape index (κ2) is 6.62. The lowest BCUT2D eigenvalue weighted by Crippen LogP contribution is -2.40. The smallest absolute Gasteiger partial charge is 0.225 e. The summed E-state index contributed by atoms with van der Waals surface area (Å²) in [5.41, 5.74) is 0. The van der Waals surface area contributed by atoms with Gasteiger partial charge >= 0.3 is 6.18 Å². The highest BCUT2D eigenvalue weighted by Crippen LogP contribution is 2.37. The van der Waals surface area contributed by atoms with Crippen LogP contribution in [0.25, 0.3) is 0 Å². The summed E-state index contributed by atoms with van der Waals surface area (Å²) >= 11 is 0. The van der Waals surface area contributed by atoms with Crippen LogP contribution < -0.4 is 9.86 Å². The predicted octanol–water partition coefficient (Wildman–Crippen LogP) is 1.73. The second-order valence-electron chi connectivity index (χ2n) is 5.73. The fraction of sp³-hybridized carbons (Fsp3) is 0.538. The maximum atomic E-state index is 12.6. The molecule has 0 saturated heterocycles. The van der Waals surface area contributed by atoms with Crippen molar-refractivity contribution in [2.75, 3.05) is 0 Å². The van der Waals surface area contributed by atoms with Crippen LogP contribution in [0.1, 0.15) is 25.7 Å². The molecule has 24 heavy (non-hydrogen) atoms. The van der Waals surface area contributed by atoms with Gasteiger partial charge in [0.1, 0.15) is 0 Å². The lowest BCUT2D eigenvalue weighted by atomic mass is 9.86. The van der Waals surface area contributed by atoms with Crippen LogP contribution in [0.5, 0.6) is 0 Å². The van der Waals surface area contributed by atoms with E-state index in [0.29, 0.717) is 0 Å². The Kier molecular flexibility index (Phi) is 5.28. The van der Waals surface area contributed by atoms with Crippen LogP contribution in [0.15, 0.2) is 34.1 Å². The molecule has 0 unspecified atom stereocenters. The number of sulfonamides is 2. The van der Waals surface area contributed by atoms with E-state index in [1.165, 1.54) is 12.1 Å². The maximum Gasteiger partial charge on any atom is 0.391 e. The van der Waals surface area contributed by atoms with E-state index in [4.69, 9.17) is 5.14 Å². The Bertz CT molecular complexity index is 799. The van der Waals surface area contributed by atoms with E-state index < -0.39 is 38.2 Å². The van der Waals surface area contributed by atoms with Crippen molar-refractivity contribution in [3.63, 3.8) is 0 Å². The summed E-state index contributed by atoms with van der Waals surface area (Å²) in [6.07, 6.45) is -4.42. The molecule has 0 aliphatic heterocycles. The van der Waals surface area contributed by atoms with Crippen molar-refractivity contribution in [2.24, 2.45) is 11.1 Å². The molecule has 11 heteroatoms. The van der Waals surface area contributed by atoms with Gasteiger partial charge in [-0.05, 0) is 43.9 Å². The molecule has 136 valence electrons. The standard InChI is InChI=1S/C13H17F3N2O4S2/c14-13(15,16)9-4-6-10(7-5-9)18-24(21,22)12-3-1-2-11(8-12)23(17,19)20/h1-3,8-10,18H,4-7H2,(H2,17,19,20). The fourth-order valence-electron chi connectivity index (χ4n) is 2.64. The first-order valence-electron chi connectivity index (χ1n) is 7.11. The Morgan fingerprint density at radius 3 is 2.04 bits per heavy atom. The number of nitrogens with two attached hydrogens (primary N) is 1. The fourth-order valence-corrected chi connectivity index (χ4v) is 4.63. The third-order valence-electron chi connectivity index (χ3n) is 3.96. The van der Waals surface area contributed by atoms with Gasteiger partial charge < -0.3 is 0 Å². The molecular weight excluding hydrogens is 369 g/mol. The number of rotatable bonds is 4. The maximum absolute atomic E-state index is 12.6. The van der Waals surface area contributed by atoms with Gasteiger partial charge in [-0.2, -0.15) is 13.2 Å². The van der Waals surface area contributed by atoms with Gasteiger partial charge in [-0.25, -0.2) is 26.7 Å². The van der Waals surface area contributed by atoms with E-state index in [-0.39, 0.29) is 35.5 Å². The van der Waals surface area contributed by atoms with Crippen LogP contribution in [0.3, 0.4) is 0 Å². The first-order chi connectivity index (χ1) is 10.9. The summed E-state index contributed by atoms with van der Waals surface area (Å²) in [6, 6.07) is 3.88. The quantitative estimate of drug-likeness (QED) is 0.822. The van der Waals surface area contributed by atoms with Crippen LogP contribution in [-0.4, -0.2) is 29.1 Å². The Morgan fingerprint density at radius 2 is 1.54 bits per heavy atom. The monoisotopic (exact) mass is 386 g/mol. The van der Waals surface area contributed by atoms with Crippen LogP contribution in [0.2, 0.25) is 0 Å². The second-order valence-corrected chi connectivity index (χ2v) is 9.01. The van der Waals surface area contributed by atoms with Gasteiger partial charge in [0.2, 0.25) is 20.0 Å².